The molecule has 18 heavy (non-hydrogen) atoms. The highest BCUT2D eigenvalue weighted by atomic mass is 16.2. The molecule has 2 aliphatic heterocycles. The lowest BCUT2D eigenvalue weighted by atomic mass is 10.1. The van der Waals surface area contributed by atoms with Crippen molar-refractivity contribution < 1.29 is 9.59 Å². The molecule has 6 heteroatoms. The third-order valence-electron chi connectivity index (χ3n) is 3.73. The van der Waals surface area contributed by atoms with E-state index in [2.05, 4.69) is 10.2 Å². The second kappa shape index (κ2) is 6.15. The summed E-state index contributed by atoms with van der Waals surface area (Å²) >= 11 is 0. The zero-order chi connectivity index (χ0) is 13.0. The number of primary amides is 1. The number of hydrogen-bond acceptors (Lipinski definition) is 4. The molecule has 3 N–H and O–H groups in total. The third-order valence-corrected chi connectivity index (χ3v) is 3.73. The minimum Gasteiger partial charge on any atom is -0.369 e. The van der Waals surface area contributed by atoms with Crippen LogP contribution in [0.2, 0.25) is 0 Å². The van der Waals surface area contributed by atoms with Gasteiger partial charge in [0.25, 0.3) is 0 Å². The van der Waals surface area contributed by atoms with Crippen LogP contribution in [0.25, 0.3) is 0 Å². The second-order valence-corrected chi connectivity index (χ2v) is 5.11. The monoisotopic (exact) mass is 254 g/mol. The Labute approximate surface area is 107 Å². The van der Waals surface area contributed by atoms with Crippen LogP contribution in [0.1, 0.15) is 12.8 Å². The zero-order valence-corrected chi connectivity index (χ0v) is 10.7. The fraction of sp³-hybridized carbons (Fsp3) is 0.833. The molecule has 0 aliphatic carbocycles. The van der Waals surface area contributed by atoms with Gasteiger partial charge in [-0.3, -0.25) is 14.5 Å². The van der Waals surface area contributed by atoms with Gasteiger partial charge >= 0.3 is 0 Å². The summed E-state index contributed by atoms with van der Waals surface area (Å²) in [5, 5.41) is 3.31. The fourth-order valence-electron chi connectivity index (χ4n) is 2.57. The van der Waals surface area contributed by atoms with E-state index in [0.29, 0.717) is 26.1 Å². The molecule has 2 amide bonds. The van der Waals surface area contributed by atoms with Crippen molar-refractivity contribution >= 4 is 11.8 Å². The predicted octanol–water partition coefficient (Wildman–Crippen LogP) is -1.38. The number of amides is 2. The number of nitrogens with zero attached hydrogens (tertiary/aromatic N) is 2. The van der Waals surface area contributed by atoms with Gasteiger partial charge in [0.15, 0.2) is 0 Å². The van der Waals surface area contributed by atoms with Gasteiger partial charge in [0, 0.05) is 26.2 Å². The van der Waals surface area contributed by atoms with Crippen molar-refractivity contribution in [2.75, 3.05) is 45.8 Å². The maximum Gasteiger partial charge on any atom is 0.236 e. The first kappa shape index (κ1) is 13.3. The molecule has 2 saturated heterocycles. The molecule has 6 nitrogen and oxygen atoms in total. The van der Waals surface area contributed by atoms with E-state index in [1.807, 2.05) is 0 Å². The van der Waals surface area contributed by atoms with Gasteiger partial charge in [-0.2, -0.15) is 0 Å². The highest BCUT2D eigenvalue weighted by molar-refractivity contribution is 5.82. The lowest BCUT2D eigenvalue weighted by Gasteiger charge is -2.23. The van der Waals surface area contributed by atoms with Crippen molar-refractivity contribution in [1.29, 1.82) is 0 Å². The topological polar surface area (TPSA) is 78.7 Å². The van der Waals surface area contributed by atoms with Crippen LogP contribution in [0.4, 0.5) is 0 Å². The predicted molar refractivity (Wildman–Crippen MR) is 67.8 cm³/mol. The molecule has 2 rings (SSSR count). The average Bonchev–Trinajstić information content (AvgIpc) is 2.70. The van der Waals surface area contributed by atoms with Gasteiger partial charge in [-0.1, -0.05) is 0 Å². The van der Waals surface area contributed by atoms with E-state index in [9.17, 15) is 9.59 Å². The Hall–Kier alpha value is -1.14. The molecule has 0 radical (unpaired) electrons. The van der Waals surface area contributed by atoms with Crippen molar-refractivity contribution in [2.24, 2.45) is 11.7 Å². The van der Waals surface area contributed by atoms with E-state index in [0.717, 1.165) is 32.6 Å². The van der Waals surface area contributed by atoms with Crippen molar-refractivity contribution in [2.45, 2.75) is 12.8 Å². The molecule has 0 bridgehead atoms. The Morgan fingerprint density at radius 2 is 2.06 bits per heavy atom. The minimum absolute atomic E-state index is 0.126. The molecule has 2 aliphatic rings. The standard InChI is InChI=1S/C12H22N4O2/c13-12(18)10-2-6-16(8-10)11(17)9-15-5-1-3-14-4-7-15/h10,14H,1-9H2,(H2,13,18). The Kier molecular flexibility index (Phi) is 4.54. The van der Waals surface area contributed by atoms with Gasteiger partial charge in [-0.15, -0.1) is 0 Å². The lowest BCUT2D eigenvalue weighted by Crippen LogP contribution is -2.41. The summed E-state index contributed by atoms with van der Waals surface area (Å²) in [7, 11) is 0. The average molecular weight is 254 g/mol. The molecule has 1 atom stereocenters. The maximum atomic E-state index is 12.1. The molecule has 0 saturated carbocycles. The lowest BCUT2D eigenvalue weighted by molar-refractivity contribution is -0.131. The smallest absolute Gasteiger partial charge is 0.236 e. The highest BCUT2D eigenvalue weighted by Crippen LogP contribution is 2.15. The van der Waals surface area contributed by atoms with Crippen LogP contribution < -0.4 is 11.1 Å². The Bertz CT molecular complexity index is 313. The van der Waals surface area contributed by atoms with E-state index in [4.69, 9.17) is 5.73 Å². The summed E-state index contributed by atoms with van der Waals surface area (Å²) in [6.45, 7) is 5.48. The number of carbonyl (C=O) groups is 2. The van der Waals surface area contributed by atoms with E-state index < -0.39 is 0 Å². The summed E-state index contributed by atoms with van der Waals surface area (Å²) in [5.74, 6) is -0.315. The SMILES string of the molecule is NC(=O)C1CCN(C(=O)CN2CCCNCC2)C1. The Morgan fingerprint density at radius 3 is 2.78 bits per heavy atom. The van der Waals surface area contributed by atoms with E-state index in [1.165, 1.54) is 0 Å². The van der Waals surface area contributed by atoms with Gasteiger partial charge in [-0.25, -0.2) is 0 Å². The molecule has 0 aromatic heterocycles. The highest BCUT2D eigenvalue weighted by Gasteiger charge is 2.30. The molecule has 1 unspecified atom stereocenters. The number of nitrogens with one attached hydrogen (secondary N) is 1. The first-order chi connectivity index (χ1) is 8.66. The summed E-state index contributed by atoms with van der Waals surface area (Å²) in [5.41, 5.74) is 5.27. The molecule has 0 aromatic carbocycles. The van der Waals surface area contributed by atoms with Crippen LogP contribution in [-0.2, 0) is 9.59 Å². The van der Waals surface area contributed by atoms with E-state index >= 15 is 0 Å². The van der Waals surface area contributed by atoms with Crippen LogP contribution in [0.15, 0.2) is 0 Å². The molecule has 0 spiro atoms. The van der Waals surface area contributed by atoms with Crippen molar-refractivity contribution in [1.82, 2.24) is 15.1 Å². The number of likely N-dealkylation sites (tertiary alicyclic amines) is 1. The number of carbonyl (C=O) groups excluding carboxylic acids is 2. The van der Waals surface area contributed by atoms with Gasteiger partial charge in [0.2, 0.25) is 11.8 Å². The first-order valence-corrected chi connectivity index (χ1v) is 6.67. The zero-order valence-electron chi connectivity index (χ0n) is 10.7. The largest absolute Gasteiger partial charge is 0.369 e. The Balaban J connectivity index is 1.79. The van der Waals surface area contributed by atoms with Gasteiger partial charge < -0.3 is 16.0 Å². The van der Waals surface area contributed by atoms with Crippen LogP contribution >= 0.6 is 0 Å². The first-order valence-electron chi connectivity index (χ1n) is 6.67. The number of nitrogens with two attached hydrogens (primary N) is 1. The third kappa shape index (κ3) is 3.43. The van der Waals surface area contributed by atoms with Crippen LogP contribution in [0.3, 0.4) is 0 Å². The Morgan fingerprint density at radius 1 is 1.22 bits per heavy atom. The number of hydrogen-bond donors (Lipinski definition) is 2. The van der Waals surface area contributed by atoms with Crippen molar-refractivity contribution in [3.05, 3.63) is 0 Å². The van der Waals surface area contributed by atoms with Gasteiger partial charge in [-0.05, 0) is 25.9 Å². The van der Waals surface area contributed by atoms with E-state index in [-0.39, 0.29) is 17.7 Å². The molecular formula is C12H22N4O2. The van der Waals surface area contributed by atoms with Crippen LogP contribution in [0.5, 0.6) is 0 Å². The van der Waals surface area contributed by atoms with Crippen LogP contribution in [-0.4, -0.2) is 67.4 Å². The van der Waals surface area contributed by atoms with Gasteiger partial charge in [0.1, 0.15) is 0 Å². The van der Waals surface area contributed by atoms with Crippen molar-refractivity contribution in [3.63, 3.8) is 0 Å². The normalized spacial score (nSPS) is 26.0. The molecule has 0 aromatic rings. The summed E-state index contributed by atoms with van der Waals surface area (Å²) < 4.78 is 0. The summed E-state index contributed by atoms with van der Waals surface area (Å²) in [6.07, 6.45) is 1.79. The second-order valence-electron chi connectivity index (χ2n) is 5.11. The minimum atomic E-state index is -0.288. The molecule has 102 valence electrons. The van der Waals surface area contributed by atoms with Crippen molar-refractivity contribution in [3.8, 4) is 0 Å². The number of rotatable bonds is 3. The van der Waals surface area contributed by atoms with Crippen LogP contribution in [0, 0.1) is 5.92 Å². The molecule has 2 heterocycles. The fourth-order valence-corrected chi connectivity index (χ4v) is 2.57. The molecular weight excluding hydrogens is 232 g/mol. The van der Waals surface area contributed by atoms with E-state index in [1.54, 1.807) is 4.90 Å². The van der Waals surface area contributed by atoms with Gasteiger partial charge in [0.05, 0.1) is 12.5 Å². The summed E-state index contributed by atoms with van der Waals surface area (Å²) in [4.78, 5) is 27.1. The maximum absolute atomic E-state index is 12.1. The molecule has 2 fully saturated rings. The quantitative estimate of drug-likeness (QED) is 0.650. The summed E-state index contributed by atoms with van der Waals surface area (Å²) in [6, 6.07) is 0.